The lowest BCUT2D eigenvalue weighted by molar-refractivity contribution is 0.563. The molecule has 2 aliphatic rings. The molecule has 0 saturated heterocycles. The zero-order chi connectivity index (χ0) is 8.10. The predicted molar refractivity (Wildman–Crippen MR) is 44.1 cm³/mol. The molecule has 0 spiro atoms. The normalized spacial score (nSPS) is 8.82. The van der Waals surface area contributed by atoms with Crippen LogP contribution in [-0.2, 0) is 4.79 Å². The number of rotatable bonds is 1. The average Bonchev–Trinajstić information content (AvgIpc) is 2.00. The topological polar surface area (TPSA) is 29.4 Å². The van der Waals surface area contributed by atoms with Crippen molar-refractivity contribution in [2.75, 3.05) is 6.54 Å². The van der Waals surface area contributed by atoms with Gasteiger partial charge in [-0.05, 0) is 18.1 Å². The summed E-state index contributed by atoms with van der Waals surface area (Å²) in [5.41, 5.74) is 2.85. The summed E-state index contributed by atoms with van der Waals surface area (Å²) in [4.78, 5) is 12.3. The van der Waals surface area contributed by atoms with Crippen LogP contribution in [0.4, 0.5) is 0 Å². The molecule has 2 aliphatic carbocycles. The van der Waals surface area contributed by atoms with Crippen LogP contribution in [0.5, 0.6) is 0 Å². The van der Waals surface area contributed by atoms with Crippen molar-refractivity contribution in [1.82, 2.24) is 0 Å². The van der Waals surface area contributed by atoms with Crippen molar-refractivity contribution in [2.45, 2.75) is 6.92 Å². The fraction of sp³-hybridized carbons (Fsp3) is 0.222. The Hall–Kier alpha value is -1.40. The largest absolute Gasteiger partial charge is 0.234 e. The SMILES string of the molecule is CCN=C=O.c1cc2ccc1-2. The minimum Gasteiger partial charge on any atom is -0.211 e. The van der Waals surface area contributed by atoms with Gasteiger partial charge in [0.1, 0.15) is 0 Å². The molecule has 0 aromatic rings. The zero-order valence-corrected chi connectivity index (χ0v) is 6.37. The lowest BCUT2D eigenvalue weighted by atomic mass is 9.95. The number of hydrogen-bond acceptors (Lipinski definition) is 2. The van der Waals surface area contributed by atoms with Crippen LogP contribution in [0.15, 0.2) is 29.3 Å². The second-order valence-electron chi connectivity index (χ2n) is 2.14. The van der Waals surface area contributed by atoms with Gasteiger partial charge in [-0.3, -0.25) is 0 Å². The molecule has 2 nitrogen and oxygen atoms in total. The molecule has 0 atom stereocenters. The second-order valence-corrected chi connectivity index (χ2v) is 2.14. The Balaban J connectivity index is 0.000000114. The minimum atomic E-state index is 0.545. The zero-order valence-electron chi connectivity index (χ0n) is 6.37. The molecule has 0 aliphatic heterocycles. The van der Waals surface area contributed by atoms with Crippen molar-refractivity contribution in [3.63, 3.8) is 0 Å². The Labute approximate surface area is 65.6 Å². The number of isocyanates is 1. The third kappa shape index (κ3) is 1.76. The summed E-state index contributed by atoms with van der Waals surface area (Å²) in [5, 5.41) is 0. The monoisotopic (exact) mass is 147 g/mol. The number of fused-ring (bicyclic) bond motifs is 1. The van der Waals surface area contributed by atoms with Gasteiger partial charge in [-0.1, -0.05) is 24.3 Å². The number of carbonyl (C=O) groups excluding carboxylic acids is 1. The maximum atomic E-state index is 9.11. The summed E-state index contributed by atoms with van der Waals surface area (Å²) in [6.07, 6.45) is 1.39. The van der Waals surface area contributed by atoms with E-state index < -0.39 is 0 Å². The van der Waals surface area contributed by atoms with E-state index in [2.05, 4.69) is 29.3 Å². The highest BCUT2D eigenvalue weighted by Crippen LogP contribution is 2.29. The van der Waals surface area contributed by atoms with Crippen LogP contribution < -0.4 is 0 Å². The van der Waals surface area contributed by atoms with E-state index in [1.807, 2.05) is 0 Å². The second kappa shape index (κ2) is 3.69. The molecule has 0 aromatic heterocycles. The summed E-state index contributed by atoms with van der Waals surface area (Å²) in [6.45, 7) is 2.33. The third-order valence-electron chi connectivity index (χ3n) is 1.44. The van der Waals surface area contributed by atoms with Gasteiger partial charge in [0.25, 0.3) is 0 Å². The van der Waals surface area contributed by atoms with E-state index in [1.165, 1.54) is 17.2 Å². The molecule has 0 amide bonds. The molecular weight excluding hydrogens is 138 g/mol. The van der Waals surface area contributed by atoms with Crippen LogP contribution >= 0.6 is 0 Å². The fourth-order valence-electron chi connectivity index (χ4n) is 0.727. The van der Waals surface area contributed by atoms with Gasteiger partial charge in [0.2, 0.25) is 6.08 Å². The Bertz CT molecular complexity index is 249. The third-order valence-corrected chi connectivity index (χ3v) is 1.44. The maximum absolute atomic E-state index is 9.11. The molecule has 2 heteroatoms. The first kappa shape index (κ1) is 7.70. The molecule has 0 heterocycles. The molecular formula is C9H9NO. The van der Waals surface area contributed by atoms with Crippen LogP contribution in [0.3, 0.4) is 0 Å². The molecule has 0 saturated carbocycles. The lowest BCUT2D eigenvalue weighted by Crippen LogP contribution is -1.85. The average molecular weight is 147 g/mol. The van der Waals surface area contributed by atoms with Crippen molar-refractivity contribution < 1.29 is 4.79 Å². The van der Waals surface area contributed by atoms with Gasteiger partial charge in [0.05, 0.1) is 0 Å². The Kier molecular flexibility index (Phi) is 2.59. The maximum Gasteiger partial charge on any atom is 0.234 e. The summed E-state index contributed by atoms with van der Waals surface area (Å²) >= 11 is 0. The van der Waals surface area contributed by atoms with E-state index in [-0.39, 0.29) is 0 Å². The van der Waals surface area contributed by atoms with E-state index >= 15 is 0 Å². The first-order valence-electron chi connectivity index (χ1n) is 3.52. The van der Waals surface area contributed by atoms with Crippen LogP contribution in [0.2, 0.25) is 0 Å². The van der Waals surface area contributed by atoms with Gasteiger partial charge < -0.3 is 0 Å². The van der Waals surface area contributed by atoms with E-state index in [1.54, 1.807) is 6.92 Å². The summed E-state index contributed by atoms with van der Waals surface area (Å²) in [5.74, 6) is 0. The highest BCUT2D eigenvalue weighted by molar-refractivity contribution is 5.75. The fourth-order valence-corrected chi connectivity index (χ4v) is 0.727. The van der Waals surface area contributed by atoms with E-state index in [9.17, 15) is 0 Å². The van der Waals surface area contributed by atoms with Gasteiger partial charge in [-0.15, -0.1) is 0 Å². The Morgan fingerprint density at radius 1 is 1.27 bits per heavy atom. The summed E-state index contributed by atoms with van der Waals surface area (Å²) < 4.78 is 0. The molecule has 56 valence electrons. The highest BCUT2D eigenvalue weighted by atomic mass is 16.1. The number of benzene rings is 1. The van der Waals surface area contributed by atoms with Gasteiger partial charge in [0, 0.05) is 6.54 Å². The predicted octanol–water partition coefficient (Wildman–Crippen LogP) is 2.01. The Morgan fingerprint density at radius 2 is 1.73 bits per heavy atom. The lowest BCUT2D eigenvalue weighted by Gasteiger charge is -2.10. The van der Waals surface area contributed by atoms with E-state index in [4.69, 9.17) is 4.79 Å². The van der Waals surface area contributed by atoms with Crippen LogP contribution in [0.1, 0.15) is 6.92 Å². The van der Waals surface area contributed by atoms with Gasteiger partial charge in [0.15, 0.2) is 0 Å². The molecule has 0 unspecified atom stereocenters. The van der Waals surface area contributed by atoms with Gasteiger partial charge in [-0.25, -0.2) is 9.79 Å². The molecule has 0 bridgehead atoms. The molecule has 0 aromatic carbocycles. The number of aliphatic imine (C=N–C) groups is 1. The highest BCUT2D eigenvalue weighted by Gasteiger charge is 2.03. The standard InChI is InChI=1S/C6H4.C3H5NO/c1-2-6-4-3-5(1)6;1-2-4-3-5/h1-4H;2H2,1H3. The first-order chi connectivity index (χ1) is 5.38. The minimum absolute atomic E-state index is 0.545. The van der Waals surface area contributed by atoms with Crippen molar-refractivity contribution in [1.29, 1.82) is 0 Å². The van der Waals surface area contributed by atoms with Crippen molar-refractivity contribution >= 4 is 6.08 Å². The van der Waals surface area contributed by atoms with Gasteiger partial charge >= 0.3 is 0 Å². The molecule has 11 heavy (non-hydrogen) atoms. The summed E-state index contributed by atoms with van der Waals surface area (Å²) in [7, 11) is 0. The van der Waals surface area contributed by atoms with Crippen LogP contribution in [0, 0.1) is 0 Å². The van der Waals surface area contributed by atoms with Crippen molar-refractivity contribution in [2.24, 2.45) is 4.99 Å². The first-order valence-corrected chi connectivity index (χ1v) is 3.52. The van der Waals surface area contributed by atoms with E-state index in [0.717, 1.165) is 0 Å². The van der Waals surface area contributed by atoms with Crippen LogP contribution in [0.25, 0.3) is 11.1 Å². The van der Waals surface area contributed by atoms with Gasteiger partial charge in [-0.2, -0.15) is 0 Å². The number of nitrogens with zero attached hydrogens (tertiary/aromatic N) is 1. The Morgan fingerprint density at radius 3 is 1.73 bits per heavy atom. The molecule has 2 rings (SSSR count). The molecule has 0 radical (unpaired) electrons. The van der Waals surface area contributed by atoms with E-state index in [0.29, 0.717) is 6.54 Å². The molecule has 0 fully saturated rings. The summed E-state index contributed by atoms with van der Waals surface area (Å²) in [6, 6.07) is 8.48. The van der Waals surface area contributed by atoms with Crippen LogP contribution in [-0.4, -0.2) is 12.6 Å². The van der Waals surface area contributed by atoms with Crippen molar-refractivity contribution in [3.05, 3.63) is 24.3 Å². The quantitative estimate of drug-likeness (QED) is 0.448. The van der Waals surface area contributed by atoms with Crippen molar-refractivity contribution in [3.8, 4) is 11.1 Å². The number of hydrogen-bond donors (Lipinski definition) is 0. The smallest absolute Gasteiger partial charge is 0.211 e. The molecule has 0 N–H and O–H groups in total.